The Morgan fingerprint density at radius 3 is 2.43 bits per heavy atom. The smallest absolute Gasteiger partial charge is 0.258 e. The van der Waals surface area contributed by atoms with Crippen LogP contribution >= 0.6 is 0 Å². The first kappa shape index (κ1) is 20.6. The largest absolute Gasteiger partial charge is 0.484 e. The van der Waals surface area contributed by atoms with Gasteiger partial charge in [-0.05, 0) is 56.4 Å². The Hall–Kier alpha value is -2.15. The first-order valence-corrected chi connectivity index (χ1v) is 10.2. The normalized spacial score (nSPS) is 25.7. The highest BCUT2D eigenvalue weighted by Crippen LogP contribution is 2.26. The van der Waals surface area contributed by atoms with Gasteiger partial charge in [0.15, 0.2) is 6.61 Å². The molecule has 0 saturated heterocycles. The number of aliphatic hydroxyl groups is 1. The number of hydrogen-bond donors (Lipinski definition) is 3. The molecule has 154 valence electrons. The molecule has 3 N–H and O–H groups in total. The maximum atomic E-state index is 12.9. The zero-order chi connectivity index (χ0) is 19.9. The minimum Gasteiger partial charge on any atom is -0.484 e. The minimum absolute atomic E-state index is 0.0235. The fourth-order valence-corrected chi connectivity index (χ4v) is 4.05. The summed E-state index contributed by atoms with van der Waals surface area (Å²) in [5, 5.41) is 16.3. The number of carbonyl (C=O) groups is 2. The van der Waals surface area contributed by atoms with Crippen LogP contribution in [-0.4, -0.2) is 41.7 Å². The third-order valence-corrected chi connectivity index (χ3v) is 5.67. The zero-order valence-electron chi connectivity index (χ0n) is 16.0. The van der Waals surface area contributed by atoms with Crippen molar-refractivity contribution in [3.05, 3.63) is 30.1 Å². The Balaban J connectivity index is 1.40. The third-order valence-electron chi connectivity index (χ3n) is 5.67. The second-order valence-electron chi connectivity index (χ2n) is 7.84. The maximum absolute atomic E-state index is 12.9. The second-order valence-corrected chi connectivity index (χ2v) is 7.84. The Morgan fingerprint density at radius 1 is 1.04 bits per heavy atom. The van der Waals surface area contributed by atoms with E-state index >= 15 is 0 Å². The van der Waals surface area contributed by atoms with Crippen molar-refractivity contribution in [2.75, 3.05) is 6.61 Å². The number of nitrogens with one attached hydrogen (secondary N) is 2. The molecule has 0 bridgehead atoms. The van der Waals surface area contributed by atoms with Crippen LogP contribution in [0, 0.1) is 11.7 Å². The third kappa shape index (κ3) is 5.92. The summed E-state index contributed by atoms with van der Waals surface area (Å²) in [6, 6.07) is 5.30. The van der Waals surface area contributed by atoms with Gasteiger partial charge >= 0.3 is 0 Å². The Bertz CT molecular complexity index is 661. The molecule has 7 heteroatoms. The van der Waals surface area contributed by atoms with Crippen molar-refractivity contribution in [1.29, 1.82) is 0 Å². The summed E-state index contributed by atoms with van der Waals surface area (Å²) in [5.41, 5.74) is 0. The Morgan fingerprint density at radius 2 is 1.75 bits per heavy atom. The summed E-state index contributed by atoms with van der Waals surface area (Å²) in [6.45, 7) is -0.208. The summed E-state index contributed by atoms with van der Waals surface area (Å²) >= 11 is 0. The van der Waals surface area contributed by atoms with Crippen LogP contribution in [0.3, 0.4) is 0 Å². The van der Waals surface area contributed by atoms with E-state index in [1.807, 2.05) is 0 Å². The van der Waals surface area contributed by atoms with E-state index in [-0.39, 0.29) is 42.2 Å². The first-order valence-electron chi connectivity index (χ1n) is 10.2. The minimum atomic E-state index is -0.759. The highest BCUT2D eigenvalue weighted by molar-refractivity contribution is 5.80. The van der Waals surface area contributed by atoms with Crippen molar-refractivity contribution >= 4 is 11.8 Å². The van der Waals surface area contributed by atoms with Gasteiger partial charge < -0.3 is 20.5 Å². The van der Waals surface area contributed by atoms with E-state index in [1.165, 1.54) is 30.7 Å². The molecule has 0 spiro atoms. The van der Waals surface area contributed by atoms with Crippen LogP contribution in [-0.2, 0) is 9.59 Å². The van der Waals surface area contributed by atoms with E-state index in [1.54, 1.807) is 0 Å². The molecule has 0 radical (unpaired) electrons. The molecule has 2 aliphatic carbocycles. The molecule has 0 heterocycles. The number of amides is 2. The van der Waals surface area contributed by atoms with Crippen molar-refractivity contribution in [3.63, 3.8) is 0 Å². The second kappa shape index (κ2) is 9.87. The summed E-state index contributed by atoms with van der Waals surface area (Å²) in [5.74, 6) is -0.501. The van der Waals surface area contributed by atoms with Crippen LogP contribution in [0.15, 0.2) is 24.3 Å². The molecule has 6 nitrogen and oxygen atoms in total. The predicted molar refractivity (Wildman–Crippen MR) is 102 cm³/mol. The van der Waals surface area contributed by atoms with Gasteiger partial charge in [0.25, 0.3) is 5.91 Å². The van der Waals surface area contributed by atoms with E-state index in [4.69, 9.17) is 4.74 Å². The lowest BCUT2D eigenvalue weighted by Gasteiger charge is -2.34. The van der Waals surface area contributed by atoms with Crippen molar-refractivity contribution in [2.24, 2.45) is 5.92 Å². The lowest BCUT2D eigenvalue weighted by atomic mass is 9.83. The first-order chi connectivity index (χ1) is 13.5. The quantitative estimate of drug-likeness (QED) is 0.693. The Kier molecular flexibility index (Phi) is 7.25. The lowest BCUT2D eigenvalue weighted by molar-refractivity contribution is -0.129. The van der Waals surface area contributed by atoms with Gasteiger partial charge in [0.2, 0.25) is 5.91 Å². The van der Waals surface area contributed by atoms with E-state index in [9.17, 15) is 19.1 Å². The Labute approximate surface area is 164 Å². The van der Waals surface area contributed by atoms with Gasteiger partial charge in [0, 0.05) is 12.0 Å². The maximum Gasteiger partial charge on any atom is 0.258 e. The zero-order valence-corrected chi connectivity index (χ0v) is 16.0. The molecule has 2 aliphatic rings. The highest BCUT2D eigenvalue weighted by atomic mass is 19.1. The SMILES string of the molecule is O=C(COc1ccc(F)cc1)N[C@@H]1CC[C@H](C(=O)NC2CCCCC2)C[C@H]1O. The van der Waals surface area contributed by atoms with Crippen LogP contribution in [0.25, 0.3) is 0 Å². The van der Waals surface area contributed by atoms with Crippen LogP contribution in [0.5, 0.6) is 5.75 Å². The summed E-state index contributed by atoms with van der Waals surface area (Å²) in [7, 11) is 0. The molecule has 0 aromatic heterocycles. The standard InChI is InChI=1S/C21H29FN2O4/c22-15-7-9-17(10-8-15)28-13-20(26)24-18-11-6-14(12-19(18)25)21(27)23-16-4-2-1-3-5-16/h7-10,14,16,18-19,25H,1-6,11-13H2,(H,23,27)(H,24,26)/t14-,18+,19+/m0/s1. The van der Waals surface area contributed by atoms with Crippen molar-refractivity contribution in [3.8, 4) is 5.75 Å². The van der Waals surface area contributed by atoms with Gasteiger partial charge in [-0.25, -0.2) is 4.39 Å². The topological polar surface area (TPSA) is 87.7 Å². The van der Waals surface area contributed by atoms with Gasteiger partial charge in [-0.2, -0.15) is 0 Å². The fourth-order valence-electron chi connectivity index (χ4n) is 4.05. The van der Waals surface area contributed by atoms with E-state index in [0.29, 0.717) is 25.0 Å². The number of ether oxygens (including phenoxy) is 1. The highest BCUT2D eigenvalue weighted by Gasteiger charge is 2.34. The van der Waals surface area contributed by atoms with E-state index < -0.39 is 6.10 Å². The van der Waals surface area contributed by atoms with Gasteiger partial charge in [-0.15, -0.1) is 0 Å². The van der Waals surface area contributed by atoms with Gasteiger partial charge in [0.05, 0.1) is 12.1 Å². The number of hydrogen-bond acceptors (Lipinski definition) is 4. The van der Waals surface area contributed by atoms with Crippen LogP contribution in [0.2, 0.25) is 0 Å². The molecule has 0 aliphatic heterocycles. The van der Waals surface area contributed by atoms with Crippen LogP contribution in [0.1, 0.15) is 51.4 Å². The molecule has 1 aromatic carbocycles. The predicted octanol–water partition coefficient (Wildman–Crippen LogP) is 2.30. The summed E-state index contributed by atoms with van der Waals surface area (Å²) < 4.78 is 18.2. The molecule has 2 amide bonds. The van der Waals surface area contributed by atoms with Gasteiger partial charge in [0.1, 0.15) is 11.6 Å². The van der Waals surface area contributed by atoms with E-state index in [0.717, 1.165) is 25.7 Å². The number of aliphatic hydroxyl groups excluding tert-OH is 1. The van der Waals surface area contributed by atoms with Gasteiger partial charge in [-0.1, -0.05) is 19.3 Å². The summed E-state index contributed by atoms with van der Waals surface area (Å²) in [4.78, 5) is 24.5. The molecule has 0 unspecified atom stereocenters. The molecule has 3 rings (SSSR count). The number of carbonyl (C=O) groups excluding carboxylic acids is 2. The number of rotatable bonds is 6. The molecule has 1 aromatic rings. The van der Waals surface area contributed by atoms with E-state index in [2.05, 4.69) is 10.6 Å². The number of halogens is 1. The lowest BCUT2D eigenvalue weighted by Crippen LogP contribution is -2.50. The average Bonchev–Trinajstić information content (AvgIpc) is 2.70. The van der Waals surface area contributed by atoms with Crippen LogP contribution < -0.4 is 15.4 Å². The van der Waals surface area contributed by atoms with Crippen molar-refractivity contribution in [2.45, 2.75) is 69.6 Å². The van der Waals surface area contributed by atoms with Crippen molar-refractivity contribution in [1.82, 2.24) is 10.6 Å². The fraction of sp³-hybridized carbons (Fsp3) is 0.619. The van der Waals surface area contributed by atoms with Crippen LogP contribution in [0.4, 0.5) is 4.39 Å². The molecular formula is C21H29FN2O4. The monoisotopic (exact) mass is 392 g/mol. The van der Waals surface area contributed by atoms with Gasteiger partial charge in [-0.3, -0.25) is 9.59 Å². The molecule has 3 atom stereocenters. The molecular weight excluding hydrogens is 363 g/mol. The van der Waals surface area contributed by atoms with Crippen molar-refractivity contribution < 1.29 is 23.8 Å². The summed E-state index contributed by atoms with van der Waals surface area (Å²) in [6.07, 6.45) is 6.40. The molecule has 2 saturated carbocycles. The number of benzene rings is 1. The average molecular weight is 392 g/mol. The molecule has 28 heavy (non-hydrogen) atoms. The molecule has 2 fully saturated rings.